The Morgan fingerprint density at radius 3 is 2.22 bits per heavy atom. The Bertz CT molecular complexity index is 793. The summed E-state index contributed by atoms with van der Waals surface area (Å²) < 4.78 is 16.5. The molecule has 142 valence electrons. The van der Waals surface area contributed by atoms with Crippen LogP contribution in [0.1, 0.15) is 23.5 Å². The quantitative estimate of drug-likeness (QED) is 0.712. The van der Waals surface area contributed by atoms with Crippen LogP contribution in [0.15, 0.2) is 48.5 Å². The van der Waals surface area contributed by atoms with Crippen LogP contribution in [0, 0.1) is 0 Å². The van der Waals surface area contributed by atoms with Crippen LogP contribution in [0.3, 0.4) is 0 Å². The SMILES string of the molecule is C[S+]([O-])CC[C@@H](NC(=O)OCC1c2ccccc2-c2ccccc21)C(=O)O. The molecule has 0 saturated carbocycles. The van der Waals surface area contributed by atoms with E-state index in [4.69, 9.17) is 4.74 Å². The number of nitrogens with one attached hydrogen (secondary N) is 1. The molecule has 2 N–H and O–H groups in total. The lowest BCUT2D eigenvalue weighted by molar-refractivity contribution is -0.139. The van der Waals surface area contributed by atoms with Gasteiger partial charge in [0.15, 0.2) is 0 Å². The highest BCUT2D eigenvalue weighted by Crippen LogP contribution is 2.44. The first-order valence-electron chi connectivity index (χ1n) is 8.61. The van der Waals surface area contributed by atoms with Gasteiger partial charge >= 0.3 is 12.1 Å². The minimum absolute atomic E-state index is 0.0860. The fourth-order valence-corrected chi connectivity index (χ4v) is 3.89. The molecular weight excluding hydrogens is 366 g/mol. The van der Waals surface area contributed by atoms with Gasteiger partial charge in [-0.25, -0.2) is 9.59 Å². The second-order valence-electron chi connectivity index (χ2n) is 6.43. The molecule has 0 fully saturated rings. The number of fused-ring (bicyclic) bond motifs is 3. The molecular formula is C20H21NO5S. The van der Waals surface area contributed by atoms with Crippen molar-refractivity contribution in [1.29, 1.82) is 0 Å². The molecule has 2 atom stereocenters. The van der Waals surface area contributed by atoms with E-state index in [0.29, 0.717) is 0 Å². The number of carbonyl (C=O) groups is 2. The van der Waals surface area contributed by atoms with Gasteiger partial charge < -0.3 is 19.7 Å². The van der Waals surface area contributed by atoms with Crippen LogP contribution in [0.2, 0.25) is 0 Å². The maximum absolute atomic E-state index is 12.1. The first-order valence-corrected chi connectivity index (χ1v) is 10.3. The zero-order valence-corrected chi connectivity index (χ0v) is 15.7. The van der Waals surface area contributed by atoms with Crippen molar-refractivity contribution in [2.75, 3.05) is 18.6 Å². The van der Waals surface area contributed by atoms with Gasteiger partial charge in [-0.15, -0.1) is 0 Å². The van der Waals surface area contributed by atoms with Gasteiger partial charge in [0.2, 0.25) is 0 Å². The van der Waals surface area contributed by atoms with Gasteiger partial charge in [0.05, 0.1) is 6.26 Å². The van der Waals surface area contributed by atoms with Gasteiger partial charge in [0, 0.05) is 12.3 Å². The van der Waals surface area contributed by atoms with E-state index in [2.05, 4.69) is 5.32 Å². The predicted octanol–water partition coefficient (Wildman–Crippen LogP) is 2.75. The second-order valence-corrected chi connectivity index (χ2v) is 7.98. The number of carbonyl (C=O) groups excluding carboxylic acids is 1. The summed E-state index contributed by atoms with van der Waals surface area (Å²) >= 11 is -1.13. The summed E-state index contributed by atoms with van der Waals surface area (Å²) in [5, 5.41) is 11.6. The first kappa shape index (κ1) is 19.3. The second kappa shape index (κ2) is 8.45. The van der Waals surface area contributed by atoms with Crippen molar-refractivity contribution in [3.63, 3.8) is 0 Å². The molecule has 27 heavy (non-hydrogen) atoms. The summed E-state index contributed by atoms with van der Waals surface area (Å²) in [4.78, 5) is 23.4. The van der Waals surface area contributed by atoms with Crippen molar-refractivity contribution in [3.8, 4) is 11.1 Å². The largest absolute Gasteiger partial charge is 0.617 e. The highest BCUT2D eigenvalue weighted by atomic mass is 32.2. The third kappa shape index (κ3) is 4.43. The molecule has 3 rings (SSSR count). The molecule has 2 aromatic rings. The zero-order valence-electron chi connectivity index (χ0n) is 14.9. The summed E-state index contributed by atoms with van der Waals surface area (Å²) in [7, 11) is 0. The molecule has 7 heteroatoms. The summed E-state index contributed by atoms with van der Waals surface area (Å²) in [5.41, 5.74) is 4.41. The molecule has 0 heterocycles. The topological polar surface area (TPSA) is 98.7 Å². The number of hydrogen-bond donors (Lipinski definition) is 2. The minimum Gasteiger partial charge on any atom is -0.617 e. The van der Waals surface area contributed by atoms with Crippen LogP contribution in [-0.4, -0.2) is 46.4 Å². The Morgan fingerprint density at radius 2 is 1.70 bits per heavy atom. The molecule has 0 bridgehead atoms. The van der Waals surface area contributed by atoms with Crippen molar-refractivity contribution < 1.29 is 24.0 Å². The van der Waals surface area contributed by atoms with E-state index in [9.17, 15) is 19.2 Å². The average molecular weight is 387 g/mol. The maximum Gasteiger partial charge on any atom is 0.407 e. The lowest BCUT2D eigenvalue weighted by Crippen LogP contribution is -2.42. The molecule has 0 saturated heterocycles. The monoisotopic (exact) mass is 387 g/mol. The molecule has 1 amide bonds. The highest BCUT2D eigenvalue weighted by molar-refractivity contribution is 7.90. The number of alkyl carbamates (subject to hydrolysis) is 1. The van der Waals surface area contributed by atoms with Crippen LogP contribution >= 0.6 is 0 Å². The van der Waals surface area contributed by atoms with Gasteiger partial charge in [-0.05, 0) is 22.3 Å². The summed E-state index contributed by atoms with van der Waals surface area (Å²) in [6, 6.07) is 14.8. The first-order chi connectivity index (χ1) is 13.0. The Kier molecular flexibility index (Phi) is 6.03. The third-order valence-corrected chi connectivity index (χ3v) is 5.44. The molecule has 0 radical (unpaired) electrons. The number of ether oxygens (including phenoxy) is 1. The summed E-state index contributed by atoms with van der Waals surface area (Å²) in [5.74, 6) is -1.07. The zero-order chi connectivity index (χ0) is 19.4. The van der Waals surface area contributed by atoms with Crippen molar-refractivity contribution >= 4 is 23.2 Å². The van der Waals surface area contributed by atoms with Crippen molar-refractivity contribution in [2.24, 2.45) is 0 Å². The lowest BCUT2D eigenvalue weighted by Gasteiger charge is -2.17. The third-order valence-electron chi connectivity index (χ3n) is 4.63. The van der Waals surface area contributed by atoms with Crippen LogP contribution in [0.25, 0.3) is 11.1 Å². The molecule has 6 nitrogen and oxygen atoms in total. The van der Waals surface area contributed by atoms with Crippen molar-refractivity contribution in [2.45, 2.75) is 18.4 Å². The van der Waals surface area contributed by atoms with Gasteiger partial charge in [-0.1, -0.05) is 59.7 Å². The summed E-state index contributed by atoms with van der Waals surface area (Å²) in [6.45, 7) is 0.117. The smallest absolute Gasteiger partial charge is 0.407 e. The van der Waals surface area contributed by atoms with Crippen LogP contribution in [0.5, 0.6) is 0 Å². The van der Waals surface area contributed by atoms with E-state index in [1.165, 1.54) is 6.26 Å². The van der Waals surface area contributed by atoms with Gasteiger partial charge in [0.25, 0.3) is 0 Å². The molecule has 0 aliphatic heterocycles. The van der Waals surface area contributed by atoms with E-state index in [-0.39, 0.29) is 24.7 Å². The average Bonchev–Trinajstić information content (AvgIpc) is 2.97. The van der Waals surface area contributed by atoms with E-state index >= 15 is 0 Å². The lowest BCUT2D eigenvalue weighted by atomic mass is 9.98. The molecule has 0 spiro atoms. The fourth-order valence-electron chi connectivity index (χ4n) is 3.32. The number of aliphatic carboxylic acids is 1. The number of benzene rings is 2. The van der Waals surface area contributed by atoms with Gasteiger partial charge in [-0.3, -0.25) is 0 Å². The fraction of sp³-hybridized carbons (Fsp3) is 0.300. The van der Waals surface area contributed by atoms with Crippen LogP contribution in [0.4, 0.5) is 4.79 Å². The van der Waals surface area contributed by atoms with E-state index < -0.39 is 29.3 Å². The van der Waals surface area contributed by atoms with Crippen molar-refractivity contribution in [3.05, 3.63) is 59.7 Å². The molecule has 1 aliphatic rings. The van der Waals surface area contributed by atoms with E-state index in [1.807, 2.05) is 48.5 Å². The molecule has 1 unspecified atom stereocenters. The highest BCUT2D eigenvalue weighted by Gasteiger charge is 2.29. The van der Waals surface area contributed by atoms with Crippen LogP contribution in [-0.2, 0) is 20.7 Å². The number of carboxylic acid groups (broad SMARTS) is 1. The van der Waals surface area contributed by atoms with Crippen molar-refractivity contribution in [1.82, 2.24) is 5.32 Å². The van der Waals surface area contributed by atoms with Gasteiger partial charge in [0.1, 0.15) is 18.4 Å². The Hall–Kier alpha value is -2.51. The van der Waals surface area contributed by atoms with E-state index in [0.717, 1.165) is 22.3 Å². The number of hydrogen-bond acceptors (Lipinski definition) is 4. The maximum atomic E-state index is 12.1. The molecule has 1 aliphatic carbocycles. The van der Waals surface area contributed by atoms with Crippen LogP contribution < -0.4 is 5.32 Å². The number of amides is 1. The minimum atomic E-state index is -1.17. The van der Waals surface area contributed by atoms with E-state index in [1.54, 1.807) is 0 Å². The number of rotatable bonds is 7. The molecule has 2 aromatic carbocycles. The summed E-state index contributed by atoms with van der Waals surface area (Å²) in [6.07, 6.45) is 0.792. The van der Waals surface area contributed by atoms with Gasteiger partial charge in [-0.2, -0.15) is 0 Å². The molecule has 0 aromatic heterocycles. The number of carboxylic acids is 1. The Labute approximate surface area is 160 Å². The Morgan fingerprint density at radius 1 is 1.15 bits per heavy atom. The standard InChI is InChI=1S/C20H21NO5S/c1-27(25)11-10-18(19(22)23)21-20(24)26-12-17-15-8-4-2-6-13(15)14-7-3-5-9-16(14)17/h2-9,17-18H,10-12H2,1H3,(H,21,24)(H,22,23)/t18-,27?/m1/s1. The Balaban J connectivity index is 1.66. The normalized spacial score (nSPS) is 14.7. The predicted molar refractivity (Wildman–Crippen MR) is 103 cm³/mol.